The molecule has 0 aliphatic carbocycles. The van der Waals surface area contributed by atoms with Gasteiger partial charge in [-0.2, -0.15) is 5.10 Å². The zero-order valence-corrected chi connectivity index (χ0v) is 17.9. The number of hydrogen-bond donors (Lipinski definition) is 1. The summed E-state index contributed by atoms with van der Waals surface area (Å²) in [7, 11) is 0. The minimum absolute atomic E-state index is 0.0235. The van der Waals surface area contributed by atoms with Gasteiger partial charge in [0.05, 0.1) is 6.54 Å². The quantitative estimate of drug-likeness (QED) is 0.668. The Morgan fingerprint density at radius 3 is 2.65 bits per heavy atom. The van der Waals surface area contributed by atoms with Gasteiger partial charge in [0.25, 0.3) is 11.8 Å². The second kappa shape index (κ2) is 9.12. The smallest absolute Gasteiger partial charge is 0.272 e. The fourth-order valence-electron chi connectivity index (χ4n) is 3.88. The van der Waals surface area contributed by atoms with Gasteiger partial charge in [-0.15, -0.1) is 0 Å². The maximum Gasteiger partial charge on any atom is 0.272 e. The average molecular weight is 418 g/mol. The Labute approximate surface area is 182 Å². The molecule has 31 heavy (non-hydrogen) atoms. The number of fused-ring (bicyclic) bond motifs is 1. The Balaban J connectivity index is 1.58. The Kier molecular flexibility index (Phi) is 6.11. The van der Waals surface area contributed by atoms with Crippen molar-refractivity contribution in [3.63, 3.8) is 0 Å². The number of hydrogen-bond acceptors (Lipinski definition) is 4. The zero-order chi connectivity index (χ0) is 21.8. The molecule has 7 heteroatoms. The summed E-state index contributed by atoms with van der Waals surface area (Å²) in [6.07, 6.45) is 4.12. The molecular weight excluding hydrogens is 390 g/mol. The number of carbonyl (C=O) groups is 2. The van der Waals surface area contributed by atoms with E-state index in [0.29, 0.717) is 43.2 Å². The molecule has 7 nitrogen and oxygen atoms in total. The first-order valence-corrected chi connectivity index (χ1v) is 10.6. The molecule has 4 rings (SSSR count). The third kappa shape index (κ3) is 4.66. The highest BCUT2D eigenvalue weighted by atomic mass is 16.2. The van der Waals surface area contributed by atoms with Crippen molar-refractivity contribution in [1.29, 1.82) is 0 Å². The van der Waals surface area contributed by atoms with E-state index in [0.717, 1.165) is 23.4 Å². The van der Waals surface area contributed by atoms with Crippen molar-refractivity contribution >= 4 is 11.8 Å². The highest BCUT2D eigenvalue weighted by Gasteiger charge is 2.30. The fraction of sp³-hybridized carbons (Fsp3) is 0.333. The summed E-state index contributed by atoms with van der Waals surface area (Å²) in [6, 6.07) is 13.0. The Morgan fingerprint density at radius 2 is 1.94 bits per heavy atom. The van der Waals surface area contributed by atoms with Crippen LogP contribution in [0.15, 0.2) is 54.9 Å². The predicted molar refractivity (Wildman–Crippen MR) is 117 cm³/mol. The van der Waals surface area contributed by atoms with Gasteiger partial charge in [-0.1, -0.05) is 38.1 Å². The van der Waals surface area contributed by atoms with Gasteiger partial charge < -0.3 is 10.2 Å². The summed E-state index contributed by atoms with van der Waals surface area (Å²) >= 11 is 0. The van der Waals surface area contributed by atoms with Crippen molar-refractivity contribution in [3.8, 4) is 0 Å². The van der Waals surface area contributed by atoms with E-state index in [1.807, 2.05) is 47.1 Å². The number of rotatable bonds is 6. The second-order valence-corrected chi connectivity index (χ2v) is 8.24. The van der Waals surface area contributed by atoms with Crippen molar-refractivity contribution in [2.45, 2.75) is 39.9 Å². The summed E-state index contributed by atoms with van der Waals surface area (Å²) in [6.45, 7) is 6.38. The molecule has 1 aromatic carbocycles. The monoisotopic (exact) mass is 417 g/mol. The lowest BCUT2D eigenvalue weighted by Crippen LogP contribution is -2.37. The van der Waals surface area contributed by atoms with Gasteiger partial charge in [-0.05, 0) is 29.7 Å². The summed E-state index contributed by atoms with van der Waals surface area (Å²) < 4.78 is 1.95. The SMILES string of the molecule is CC(C)Cn1nc(C(=O)NCc2cccnc2)c2c1CCN(C(=O)c1ccccc1)C2. The van der Waals surface area contributed by atoms with Crippen LogP contribution >= 0.6 is 0 Å². The van der Waals surface area contributed by atoms with Crippen molar-refractivity contribution in [3.05, 3.63) is 82.9 Å². The number of nitrogens with zero attached hydrogens (tertiary/aromatic N) is 4. The largest absolute Gasteiger partial charge is 0.346 e. The van der Waals surface area contributed by atoms with E-state index >= 15 is 0 Å². The van der Waals surface area contributed by atoms with Crippen LogP contribution < -0.4 is 5.32 Å². The van der Waals surface area contributed by atoms with Crippen molar-refractivity contribution in [2.24, 2.45) is 5.92 Å². The van der Waals surface area contributed by atoms with E-state index in [2.05, 4.69) is 29.2 Å². The lowest BCUT2D eigenvalue weighted by atomic mass is 10.0. The summed E-state index contributed by atoms with van der Waals surface area (Å²) in [4.78, 5) is 31.9. The molecule has 1 aliphatic heterocycles. The van der Waals surface area contributed by atoms with Crippen LogP contribution in [0.4, 0.5) is 0 Å². The van der Waals surface area contributed by atoms with Crippen LogP contribution in [0.1, 0.15) is 51.5 Å². The number of pyridine rings is 1. The minimum atomic E-state index is -0.225. The van der Waals surface area contributed by atoms with Crippen LogP contribution in [0, 0.1) is 5.92 Å². The van der Waals surface area contributed by atoms with Gasteiger partial charge in [-0.3, -0.25) is 19.3 Å². The molecular formula is C24H27N5O2. The molecule has 0 saturated carbocycles. The van der Waals surface area contributed by atoms with Crippen LogP contribution in [0.25, 0.3) is 0 Å². The first kappa shape index (κ1) is 20.8. The van der Waals surface area contributed by atoms with Crippen LogP contribution in [-0.4, -0.2) is 38.0 Å². The van der Waals surface area contributed by atoms with Crippen molar-refractivity contribution < 1.29 is 9.59 Å². The lowest BCUT2D eigenvalue weighted by molar-refractivity contribution is 0.0730. The number of nitrogens with one attached hydrogen (secondary N) is 1. The normalized spacial score (nSPS) is 13.2. The Morgan fingerprint density at radius 1 is 1.13 bits per heavy atom. The van der Waals surface area contributed by atoms with E-state index in [1.165, 1.54) is 0 Å². The third-order valence-corrected chi connectivity index (χ3v) is 5.37. The first-order valence-electron chi connectivity index (χ1n) is 10.6. The Hall–Kier alpha value is -3.48. The van der Waals surface area contributed by atoms with Gasteiger partial charge in [0, 0.05) is 55.3 Å². The molecule has 0 bridgehead atoms. The Bertz CT molecular complexity index is 1060. The van der Waals surface area contributed by atoms with Gasteiger partial charge in [0.1, 0.15) is 0 Å². The molecule has 1 aliphatic rings. The molecule has 160 valence electrons. The van der Waals surface area contributed by atoms with Gasteiger partial charge in [-0.25, -0.2) is 0 Å². The highest BCUT2D eigenvalue weighted by molar-refractivity contribution is 5.96. The molecule has 0 fully saturated rings. The lowest BCUT2D eigenvalue weighted by Gasteiger charge is -2.28. The molecule has 0 unspecified atom stereocenters. The van der Waals surface area contributed by atoms with Gasteiger partial charge in [0.15, 0.2) is 5.69 Å². The van der Waals surface area contributed by atoms with Crippen LogP contribution in [-0.2, 0) is 26.1 Å². The summed E-state index contributed by atoms with van der Waals surface area (Å²) in [5.74, 6) is 0.153. The van der Waals surface area contributed by atoms with Gasteiger partial charge >= 0.3 is 0 Å². The van der Waals surface area contributed by atoms with Crippen molar-refractivity contribution in [2.75, 3.05) is 6.54 Å². The number of amides is 2. The van der Waals surface area contributed by atoms with E-state index in [4.69, 9.17) is 0 Å². The average Bonchev–Trinajstić information content (AvgIpc) is 3.15. The standard InChI is InChI=1S/C24H27N5O2/c1-17(2)15-29-21-10-12-28(24(31)19-8-4-3-5-9-19)16-20(21)22(27-29)23(30)26-14-18-7-6-11-25-13-18/h3-9,11,13,17H,10,12,14-16H2,1-2H3,(H,26,30). The zero-order valence-electron chi connectivity index (χ0n) is 17.9. The van der Waals surface area contributed by atoms with E-state index in [9.17, 15) is 9.59 Å². The maximum absolute atomic E-state index is 13.0. The van der Waals surface area contributed by atoms with Crippen LogP contribution in [0.3, 0.4) is 0 Å². The minimum Gasteiger partial charge on any atom is -0.346 e. The van der Waals surface area contributed by atoms with Gasteiger partial charge in [0.2, 0.25) is 0 Å². The first-order chi connectivity index (χ1) is 15.0. The summed E-state index contributed by atoms with van der Waals surface area (Å²) in [5, 5.41) is 7.61. The van der Waals surface area contributed by atoms with Crippen molar-refractivity contribution in [1.82, 2.24) is 25.0 Å². The van der Waals surface area contributed by atoms with Crippen LogP contribution in [0.5, 0.6) is 0 Å². The molecule has 0 atom stereocenters. The van der Waals surface area contributed by atoms with E-state index in [-0.39, 0.29) is 11.8 Å². The highest BCUT2D eigenvalue weighted by Crippen LogP contribution is 2.25. The molecule has 0 saturated heterocycles. The number of aromatic nitrogens is 3. The topological polar surface area (TPSA) is 80.1 Å². The molecule has 0 spiro atoms. The van der Waals surface area contributed by atoms with E-state index < -0.39 is 0 Å². The van der Waals surface area contributed by atoms with E-state index in [1.54, 1.807) is 17.3 Å². The summed E-state index contributed by atoms with van der Waals surface area (Å²) in [5.41, 5.74) is 3.89. The maximum atomic E-state index is 13.0. The molecule has 1 N–H and O–H groups in total. The molecule has 2 aromatic heterocycles. The third-order valence-electron chi connectivity index (χ3n) is 5.37. The fourth-order valence-corrected chi connectivity index (χ4v) is 3.88. The number of benzene rings is 1. The molecule has 3 aromatic rings. The number of carbonyl (C=O) groups excluding carboxylic acids is 2. The molecule has 3 heterocycles. The molecule has 2 amide bonds. The molecule has 0 radical (unpaired) electrons. The predicted octanol–water partition coefficient (Wildman–Crippen LogP) is 3.06. The van der Waals surface area contributed by atoms with Crippen LogP contribution in [0.2, 0.25) is 0 Å². The second-order valence-electron chi connectivity index (χ2n) is 8.24.